The third-order valence-corrected chi connectivity index (χ3v) is 10.4. The summed E-state index contributed by atoms with van der Waals surface area (Å²) in [4.78, 5) is 21.0. The summed E-state index contributed by atoms with van der Waals surface area (Å²) >= 11 is 11.5. The predicted molar refractivity (Wildman–Crippen MR) is 219 cm³/mol. The maximum atomic E-state index is 13.6. The minimum Gasteiger partial charge on any atom is -0.455 e. The molecule has 1 N–H and O–H groups in total. The van der Waals surface area contributed by atoms with Gasteiger partial charge in [-0.25, -0.2) is 22.8 Å². The van der Waals surface area contributed by atoms with Crippen molar-refractivity contribution < 1.29 is 41.0 Å². The van der Waals surface area contributed by atoms with Gasteiger partial charge >= 0.3 is 0 Å². The number of carbonyl (C=O) groups excluding carboxylic acids is 1. The smallest absolute Gasteiger partial charge is 0.255 e. The van der Waals surface area contributed by atoms with E-state index in [0.29, 0.717) is 71.1 Å². The minimum absolute atomic E-state index is 0.0823. The summed E-state index contributed by atoms with van der Waals surface area (Å²) in [6, 6.07) is 16.4. The molecule has 0 atom stereocenters. The first-order chi connectivity index (χ1) is 27.5. The van der Waals surface area contributed by atoms with E-state index in [1.54, 1.807) is 42.7 Å². The fourth-order valence-electron chi connectivity index (χ4n) is 5.80. The molecule has 2 aromatic carbocycles. The van der Waals surface area contributed by atoms with E-state index in [0.717, 1.165) is 48.8 Å². The quantitative estimate of drug-likeness (QED) is 0.0602. The molecule has 1 aliphatic rings. The number of hydrogen-bond donors (Lipinski definition) is 1. The largest absolute Gasteiger partial charge is 0.455 e. The molecule has 5 aromatic rings. The summed E-state index contributed by atoms with van der Waals surface area (Å²) in [6.07, 6.45) is 7.37. The van der Waals surface area contributed by atoms with Crippen molar-refractivity contribution in [3.8, 4) is 11.3 Å². The maximum absolute atomic E-state index is 13.6. The molecular formula is C41H47Cl2FN4O8S. The minimum atomic E-state index is -3.69. The van der Waals surface area contributed by atoms with Gasteiger partial charge in [0.25, 0.3) is 5.91 Å². The Kier molecular flexibility index (Phi) is 16.6. The molecule has 1 amide bonds. The van der Waals surface area contributed by atoms with Gasteiger partial charge in [-0.1, -0.05) is 42.3 Å². The van der Waals surface area contributed by atoms with Gasteiger partial charge in [-0.3, -0.25) is 9.10 Å². The van der Waals surface area contributed by atoms with Crippen molar-refractivity contribution in [1.29, 1.82) is 0 Å². The number of furan rings is 1. The first kappa shape index (κ1) is 44.0. The maximum Gasteiger partial charge on any atom is 0.255 e. The Balaban J connectivity index is 0.000000348. The topological polar surface area (TPSA) is 142 Å². The van der Waals surface area contributed by atoms with Crippen LogP contribution in [0.3, 0.4) is 0 Å². The number of sulfonamides is 1. The number of amides is 1. The summed E-state index contributed by atoms with van der Waals surface area (Å²) in [7, 11) is -2.17. The van der Waals surface area contributed by atoms with Crippen LogP contribution in [0.25, 0.3) is 22.3 Å². The number of pyridine rings is 2. The van der Waals surface area contributed by atoms with Crippen LogP contribution in [-0.2, 0) is 42.2 Å². The highest BCUT2D eigenvalue weighted by Crippen LogP contribution is 2.48. The Bertz CT molecular complexity index is 2150. The van der Waals surface area contributed by atoms with Gasteiger partial charge in [0.05, 0.1) is 70.3 Å². The van der Waals surface area contributed by atoms with Gasteiger partial charge in [-0.2, -0.15) is 0 Å². The lowest BCUT2D eigenvalue weighted by molar-refractivity contribution is 0.0407. The molecule has 3 aromatic heterocycles. The molecule has 0 radical (unpaired) electrons. The highest BCUT2D eigenvalue weighted by atomic mass is 35.5. The van der Waals surface area contributed by atoms with Crippen molar-refractivity contribution in [3.63, 3.8) is 0 Å². The van der Waals surface area contributed by atoms with Crippen LogP contribution >= 0.6 is 23.2 Å². The Morgan fingerprint density at radius 1 is 0.860 bits per heavy atom. The molecule has 1 aliphatic carbocycles. The number of ether oxygens (including phenoxy) is 4. The number of hydrogen-bond acceptors (Lipinski definition) is 10. The van der Waals surface area contributed by atoms with Crippen molar-refractivity contribution in [1.82, 2.24) is 15.3 Å². The Morgan fingerprint density at radius 3 is 1.95 bits per heavy atom. The first-order valence-corrected chi connectivity index (χ1v) is 21.2. The molecule has 0 bridgehead atoms. The number of benzene rings is 2. The van der Waals surface area contributed by atoms with E-state index in [1.165, 1.54) is 23.5 Å². The lowest BCUT2D eigenvalue weighted by Gasteiger charge is -2.25. The number of carbonyl (C=O) groups is 1. The SMILES string of the molecule is CCCOCCOCc1ccc(Cl)nc1.CNC(=O)c1c(-c2ccc(F)cc2)oc2cc(N(CCOCCOCc3ccc(Cl)nc3)S(C)(=O)=O)c(C3CC3)cc12. The monoisotopic (exact) mass is 844 g/mol. The van der Waals surface area contributed by atoms with Gasteiger partial charge in [0.1, 0.15) is 27.5 Å². The molecule has 0 saturated heterocycles. The number of aromatic nitrogens is 2. The molecule has 0 spiro atoms. The molecule has 0 aliphatic heterocycles. The molecule has 3 heterocycles. The van der Waals surface area contributed by atoms with Gasteiger partial charge in [0.15, 0.2) is 0 Å². The van der Waals surface area contributed by atoms with Crippen molar-refractivity contribution in [2.75, 3.05) is 63.8 Å². The van der Waals surface area contributed by atoms with E-state index in [4.69, 9.17) is 46.6 Å². The molecule has 6 rings (SSSR count). The van der Waals surface area contributed by atoms with E-state index in [9.17, 15) is 17.6 Å². The number of fused-ring (bicyclic) bond motifs is 1. The van der Waals surface area contributed by atoms with Crippen molar-refractivity contribution in [3.05, 3.63) is 111 Å². The van der Waals surface area contributed by atoms with E-state index >= 15 is 0 Å². The highest BCUT2D eigenvalue weighted by Gasteiger charge is 2.33. The molecule has 1 saturated carbocycles. The van der Waals surface area contributed by atoms with Crippen LogP contribution < -0.4 is 9.62 Å². The standard InChI is InChI=1S/C30H31ClFN3O6S.C11H16ClNO2/c1-33-30(36)28-24-15-23(20-4-5-20)25(16-26(24)41-29(28)21-6-8-22(32)9-7-21)35(42(2,37)38)11-12-39-13-14-40-18-19-3-10-27(31)34-17-19;1-2-5-14-6-7-15-9-10-3-4-11(12)13-8-10/h3,6-10,15-17,20H,4-5,11-14,18H2,1-2H3,(H,33,36);3-4,8H,2,5-7,9H2,1H3. The van der Waals surface area contributed by atoms with Gasteiger partial charge in [-0.15, -0.1) is 0 Å². The van der Waals surface area contributed by atoms with E-state index in [-0.39, 0.29) is 37.3 Å². The second-order valence-corrected chi connectivity index (χ2v) is 15.9. The molecule has 12 nitrogen and oxygen atoms in total. The van der Waals surface area contributed by atoms with Crippen LogP contribution in [0.4, 0.5) is 10.1 Å². The van der Waals surface area contributed by atoms with E-state index < -0.39 is 15.8 Å². The van der Waals surface area contributed by atoms with Crippen molar-refractivity contribution >= 4 is 55.8 Å². The van der Waals surface area contributed by atoms with Crippen LogP contribution in [0.2, 0.25) is 10.3 Å². The lowest BCUT2D eigenvalue weighted by atomic mass is 10.0. The lowest BCUT2D eigenvalue weighted by Crippen LogP contribution is -2.34. The van der Waals surface area contributed by atoms with Crippen molar-refractivity contribution in [2.45, 2.75) is 45.3 Å². The number of anilines is 1. The van der Waals surface area contributed by atoms with E-state index in [1.807, 2.05) is 18.2 Å². The number of nitrogens with zero attached hydrogens (tertiary/aromatic N) is 3. The molecule has 0 unspecified atom stereocenters. The average Bonchev–Trinajstić information content (AvgIpc) is 3.98. The van der Waals surface area contributed by atoms with Gasteiger partial charge in [0, 0.05) is 43.1 Å². The van der Waals surface area contributed by atoms with Crippen LogP contribution in [0.1, 0.15) is 59.2 Å². The first-order valence-electron chi connectivity index (χ1n) is 18.6. The average molecular weight is 846 g/mol. The second-order valence-electron chi connectivity index (χ2n) is 13.2. The van der Waals surface area contributed by atoms with Crippen LogP contribution in [0.15, 0.2) is 77.5 Å². The third-order valence-electron chi connectivity index (χ3n) is 8.73. The zero-order chi connectivity index (χ0) is 40.8. The molecule has 16 heteroatoms. The predicted octanol–water partition coefficient (Wildman–Crippen LogP) is 8.20. The van der Waals surface area contributed by atoms with Gasteiger partial charge in [-0.05, 0) is 84.3 Å². The van der Waals surface area contributed by atoms with Crippen LogP contribution in [0, 0.1) is 5.82 Å². The van der Waals surface area contributed by atoms with Crippen LogP contribution in [-0.4, -0.2) is 83.8 Å². The Hall–Kier alpha value is -4.15. The highest BCUT2D eigenvalue weighted by molar-refractivity contribution is 7.92. The summed E-state index contributed by atoms with van der Waals surface area (Å²) in [6.45, 7) is 5.88. The number of rotatable bonds is 20. The van der Waals surface area contributed by atoms with Crippen molar-refractivity contribution in [2.24, 2.45) is 0 Å². The third kappa shape index (κ3) is 13.2. The fraction of sp³-hybridized carbons (Fsp3) is 0.390. The second kappa shape index (κ2) is 21.6. The summed E-state index contributed by atoms with van der Waals surface area (Å²) in [5, 5.41) is 4.14. The van der Waals surface area contributed by atoms with E-state index in [2.05, 4.69) is 22.2 Å². The number of halogens is 3. The normalized spacial score (nSPS) is 12.7. The van der Waals surface area contributed by atoms with Gasteiger partial charge < -0.3 is 28.7 Å². The summed E-state index contributed by atoms with van der Waals surface area (Å²) in [5.41, 5.74) is 4.42. The summed E-state index contributed by atoms with van der Waals surface area (Å²) in [5.74, 6) is -0.324. The van der Waals surface area contributed by atoms with Crippen LogP contribution in [0.5, 0.6) is 0 Å². The fourth-order valence-corrected chi connectivity index (χ4v) is 6.95. The Labute approximate surface area is 342 Å². The van der Waals surface area contributed by atoms with Gasteiger partial charge in [0.2, 0.25) is 10.0 Å². The zero-order valence-electron chi connectivity index (χ0n) is 32.1. The zero-order valence-corrected chi connectivity index (χ0v) is 34.5. The molecule has 306 valence electrons. The molecular weight excluding hydrogens is 798 g/mol. The number of nitrogens with one attached hydrogen (secondary N) is 1. The molecule has 1 fully saturated rings. The molecule has 57 heavy (non-hydrogen) atoms. The summed E-state index contributed by atoms with van der Waals surface area (Å²) < 4.78 is 69.0. The Morgan fingerprint density at radius 2 is 1.44 bits per heavy atom.